The Morgan fingerprint density at radius 3 is 1.79 bits per heavy atom. The van der Waals surface area contributed by atoms with Gasteiger partial charge in [0.2, 0.25) is 0 Å². The second kappa shape index (κ2) is 6.08. The summed E-state index contributed by atoms with van der Waals surface area (Å²) in [5, 5.41) is 18.2. The molecule has 6 nitrogen and oxygen atoms in total. The van der Waals surface area contributed by atoms with Crippen LogP contribution < -0.4 is 9.64 Å². The van der Waals surface area contributed by atoms with Crippen molar-refractivity contribution in [3.8, 4) is 5.75 Å². The Bertz CT molecular complexity index is 437. The van der Waals surface area contributed by atoms with E-state index in [2.05, 4.69) is 0 Å². The van der Waals surface area contributed by atoms with Gasteiger partial charge < -0.3 is 19.8 Å². The number of anilines is 1. The highest BCUT2D eigenvalue weighted by molar-refractivity contribution is 5.84. The molecule has 0 bridgehead atoms. The molecule has 0 aliphatic rings. The highest BCUT2D eigenvalue weighted by Crippen LogP contribution is 2.23. The van der Waals surface area contributed by atoms with Gasteiger partial charge in [0, 0.05) is 5.69 Å². The quantitative estimate of drug-likeness (QED) is 0.811. The number of nitrogens with zero attached hydrogens (tertiary/aromatic N) is 1. The minimum Gasteiger partial charge on any atom is -0.497 e. The van der Waals surface area contributed by atoms with Crippen molar-refractivity contribution in [3.05, 3.63) is 24.3 Å². The number of aliphatic carboxylic acids is 2. The van der Waals surface area contributed by atoms with Gasteiger partial charge in [0.25, 0.3) is 0 Å². The van der Waals surface area contributed by atoms with Crippen LogP contribution in [0.1, 0.15) is 13.8 Å². The molecule has 1 aromatic carbocycles. The first-order valence-corrected chi connectivity index (χ1v) is 5.76. The van der Waals surface area contributed by atoms with Crippen LogP contribution in [0.3, 0.4) is 0 Å². The molecule has 0 saturated carbocycles. The lowest BCUT2D eigenvalue weighted by atomic mass is 10.1. The van der Waals surface area contributed by atoms with E-state index in [1.807, 2.05) is 0 Å². The fourth-order valence-corrected chi connectivity index (χ4v) is 1.77. The fraction of sp³-hybridized carbons (Fsp3) is 0.385. The summed E-state index contributed by atoms with van der Waals surface area (Å²) in [4.78, 5) is 23.5. The Balaban J connectivity index is 3.14. The number of carbonyl (C=O) groups is 2. The summed E-state index contributed by atoms with van der Waals surface area (Å²) < 4.78 is 5.01. The van der Waals surface area contributed by atoms with Crippen molar-refractivity contribution in [2.45, 2.75) is 25.9 Å². The maximum absolute atomic E-state index is 11.1. The summed E-state index contributed by atoms with van der Waals surface area (Å²) in [5.74, 6) is -1.54. The number of benzene rings is 1. The third-order valence-corrected chi connectivity index (χ3v) is 2.92. The molecule has 2 N–H and O–H groups in total. The van der Waals surface area contributed by atoms with Crippen LogP contribution >= 0.6 is 0 Å². The molecule has 2 unspecified atom stereocenters. The molecule has 0 spiro atoms. The summed E-state index contributed by atoms with van der Waals surface area (Å²) in [5.41, 5.74) is 0.519. The van der Waals surface area contributed by atoms with Crippen molar-refractivity contribution in [1.82, 2.24) is 0 Å². The van der Waals surface area contributed by atoms with Gasteiger partial charge in [-0.15, -0.1) is 0 Å². The summed E-state index contributed by atoms with van der Waals surface area (Å²) in [6, 6.07) is 4.70. The normalized spacial score (nSPS) is 13.4. The largest absolute Gasteiger partial charge is 0.497 e. The van der Waals surface area contributed by atoms with E-state index in [9.17, 15) is 9.59 Å². The van der Waals surface area contributed by atoms with Crippen molar-refractivity contribution in [2.75, 3.05) is 12.0 Å². The third kappa shape index (κ3) is 3.37. The van der Waals surface area contributed by atoms with Crippen LogP contribution in [0.2, 0.25) is 0 Å². The predicted molar refractivity (Wildman–Crippen MR) is 69.7 cm³/mol. The number of methoxy groups -OCH3 is 1. The first-order valence-electron chi connectivity index (χ1n) is 5.76. The number of rotatable bonds is 6. The molecule has 0 fully saturated rings. The zero-order chi connectivity index (χ0) is 14.6. The second-order valence-corrected chi connectivity index (χ2v) is 4.13. The first-order chi connectivity index (χ1) is 8.88. The number of hydrogen-bond donors (Lipinski definition) is 2. The van der Waals surface area contributed by atoms with Crippen molar-refractivity contribution in [1.29, 1.82) is 0 Å². The molecule has 0 aliphatic carbocycles. The van der Waals surface area contributed by atoms with E-state index in [-0.39, 0.29) is 0 Å². The Hall–Kier alpha value is -2.24. The highest BCUT2D eigenvalue weighted by atomic mass is 16.5. The lowest BCUT2D eigenvalue weighted by molar-refractivity contribution is -0.140. The van der Waals surface area contributed by atoms with Gasteiger partial charge in [0.15, 0.2) is 0 Å². The van der Waals surface area contributed by atoms with Crippen LogP contribution in [-0.2, 0) is 9.59 Å². The van der Waals surface area contributed by atoms with Gasteiger partial charge in [0.05, 0.1) is 7.11 Å². The topological polar surface area (TPSA) is 87.1 Å². The van der Waals surface area contributed by atoms with Crippen molar-refractivity contribution in [2.24, 2.45) is 0 Å². The van der Waals surface area contributed by atoms with Gasteiger partial charge >= 0.3 is 11.9 Å². The predicted octanol–water partition coefficient (Wildman–Crippen LogP) is 1.45. The van der Waals surface area contributed by atoms with Crippen LogP contribution in [0.4, 0.5) is 5.69 Å². The molecule has 0 radical (unpaired) electrons. The van der Waals surface area contributed by atoms with Crippen LogP contribution in [0.25, 0.3) is 0 Å². The van der Waals surface area contributed by atoms with E-state index < -0.39 is 24.0 Å². The summed E-state index contributed by atoms with van der Waals surface area (Å²) in [7, 11) is 1.52. The summed E-state index contributed by atoms with van der Waals surface area (Å²) in [6.45, 7) is 2.90. The van der Waals surface area contributed by atoms with E-state index in [4.69, 9.17) is 14.9 Å². The van der Waals surface area contributed by atoms with Gasteiger partial charge in [-0.1, -0.05) is 0 Å². The molecule has 19 heavy (non-hydrogen) atoms. The van der Waals surface area contributed by atoms with Crippen LogP contribution in [0.15, 0.2) is 24.3 Å². The van der Waals surface area contributed by atoms with Gasteiger partial charge in [-0.3, -0.25) is 0 Å². The zero-order valence-corrected chi connectivity index (χ0v) is 11.0. The molecule has 0 aliphatic heterocycles. The minimum absolute atomic E-state index is 0.519. The SMILES string of the molecule is COc1ccc(N(C(C)C(=O)O)C(C)C(=O)O)cc1. The Labute approximate surface area is 111 Å². The molecule has 0 aromatic heterocycles. The number of hydrogen-bond acceptors (Lipinski definition) is 4. The van der Waals surface area contributed by atoms with Crippen LogP contribution in [0, 0.1) is 0 Å². The molecule has 6 heteroatoms. The van der Waals surface area contributed by atoms with Crippen molar-refractivity contribution < 1.29 is 24.5 Å². The highest BCUT2D eigenvalue weighted by Gasteiger charge is 2.29. The number of ether oxygens (including phenoxy) is 1. The van der Waals surface area contributed by atoms with Crippen LogP contribution in [0.5, 0.6) is 5.75 Å². The molecule has 1 aromatic rings. The second-order valence-electron chi connectivity index (χ2n) is 4.13. The lowest BCUT2D eigenvalue weighted by Crippen LogP contribution is -2.48. The molecular formula is C13H17NO5. The van der Waals surface area contributed by atoms with Gasteiger partial charge in [-0.2, -0.15) is 0 Å². The van der Waals surface area contributed by atoms with Gasteiger partial charge in [-0.25, -0.2) is 9.59 Å². The van der Waals surface area contributed by atoms with Gasteiger partial charge in [0.1, 0.15) is 17.8 Å². The first kappa shape index (κ1) is 14.8. The van der Waals surface area contributed by atoms with Crippen LogP contribution in [-0.4, -0.2) is 41.3 Å². The Kier molecular flexibility index (Phi) is 4.74. The molecule has 0 heterocycles. The maximum atomic E-state index is 11.1. The van der Waals surface area contributed by atoms with E-state index in [0.29, 0.717) is 11.4 Å². The average molecular weight is 267 g/mol. The monoisotopic (exact) mass is 267 g/mol. The third-order valence-electron chi connectivity index (χ3n) is 2.92. The van der Waals surface area contributed by atoms with Crippen molar-refractivity contribution in [3.63, 3.8) is 0 Å². The molecule has 0 amide bonds. The molecule has 0 saturated heterocycles. The van der Waals surface area contributed by atoms with E-state index in [1.54, 1.807) is 24.3 Å². The summed E-state index contributed by atoms with van der Waals surface area (Å²) in [6.07, 6.45) is 0. The average Bonchev–Trinajstić information content (AvgIpc) is 2.39. The Morgan fingerprint density at radius 1 is 1.05 bits per heavy atom. The zero-order valence-electron chi connectivity index (χ0n) is 11.0. The molecular weight excluding hydrogens is 250 g/mol. The van der Waals surface area contributed by atoms with Crippen molar-refractivity contribution >= 4 is 17.6 Å². The molecule has 2 atom stereocenters. The minimum atomic E-state index is -1.08. The fourth-order valence-electron chi connectivity index (χ4n) is 1.77. The number of carboxylic acid groups (broad SMARTS) is 2. The Morgan fingerprint density at radius 2 is 1.47 bits per heavy atom. The maximum Gasteiger partial charge on any atom is 0.326 e. The molecule has 104 valence electrons. The van der Waals surface area contributed by atoms with E-state index in [1.165, 1.54) is 25.9 Å². The van der Waals surface area contributed by atoms with Gasteiger partial charge in [-0.05, 0) is 38.1 Å². The number of carboxylic acids is 2. The smallest absolute Gasteiger partial charge is 0.326 e. The lowest BCUT2D eigenvalue weighted by Gasteiger charge is -2.32. The standard InChI is InChI=1S/C13H17NO5/c1-8(12(15)16)14(9(2)13(17)18)10-4-6-11(19-3)7-5-10/h4-9H,1-3H3,(H,15,16)(H,17,18). The molecule has 1 rings (SSSR count). The summed E-state index contributed by atoms with van der Waals surface area (Å²) >= 11 is 0. The van der Waals surface area contributed by atoms with E-state index >= 15 is 0 Å². The van der Waals surface area contributed by atoms with E-state index in [0.717, 1.165) is 0 Å².